The third-order valence-electron chi connectivity index (χ3n) is 3.97. The zero-order chi connectivity index (χ0) is 15.1. The minimum Gasteiger partial charge on any atom is -0.460 e. The lowest BCUT2D eigenvalue weighted by Crippen LogP contribution is -2.16. The summed E-state index contributed by atoms with van der Waals surface area (Å²) in [4.78, 5) is 11.9. The Hall–Kier alpha value is -1.39. The van der Waals surface area contributed by atoms with Gasteiger partial charge in [-0.25, -0.2) is 4.79 Å². The molecule has 1 fully saturated rings. The summed E-state index contributed by atoms with van der Waals surface area (Å²) in [7, 11) is 1.57. The van der Waals surface area contributed by atoms with Crippen molar-refractivity contribution in [1.29, 1.82) is 0 Å². The van der Waals surface area contributed by atoms with Gasteiger partial charge in [0, 0.05) is 7.11 Å². The van der Waals surface area contributed by atoms with Crippen LogP contribution in [0.25, 0.3) is 0 Å². The summed E-state index contributed by atoms with van der Waals surface area (Å²) in [5.41, 5.74) is 1.93. The van der Waals surface area contributed by atoms with Crippen LogP contribution >= 0.6 is 0 Å². The first-order chi connectivity index (χ1) is 10.2. The number of hydrogen-bond donors (Lipinski definition) is 0. The van der Waals surface area contributed by atoms with Crippen molar-refractivity contribution in [2.75, 3.05) is 20.3 Å². The number of ether oxygens (including phenoxy) is 3. The highest BCUT2D eigenvalue weighted by molar-refractivity contribution is 5.89. The molecule has 0 amide bonds. The molecular weight excluding hydrogens is 268 g/mol. The molecule has 21 heavy (non-hydrogen) atoms. The van der Waals surface area contributed by atoms with Crippen LogP contribution in [0.3, 0.4) is 0 Å². The molecule has 4 heteroatoms. The minimum atomic E-state index is -0.304. The quantitative estimate of drug-likeness (QED) is 0.438. The Labute approximate surface area is 126 Å². The number of hydrogen-bond acceptors (Lipinski definition) is 4. The van der Waals surface area contributed by atoms with E-state index in [0.29, 0.717) is 18.1 Å². The summed E-state index contributed by atoms with van der Waals surface area (Å²) in [6, 6.07) is 7.81. The highest BCUT2D eigenvalue weighted by Crippen LogP contribution is 2.33. The first-order valence-corrected chi connectivity index (χ1v) is 7.62. The minimum absolute atomic E-state index is 0.233. The summed E-state index contributed by atoms with van der Waals surface area (Å²) in [6.45, 7) is 2.36. The van der Waals surface area contributed by atoms with Gasteiger partial charge in [-0.3, -0.25) is 0 Å². The van der Waals surface area contributed by atoms with Crippen molar-refractivity contribution in [2.45, 2.75) is 44.8 Å². The lowest BCUT2D eigenvalue weighted by molar-refractivity contribution is -0.118. The molecule has 0 N–H and O–H groups in total. The van der Waals surface area contributed by atoms with E-state index in [1.807, 2.05) is 12.1 Å². The summed E-state index contributed by atoms with van der Waals surface area (Å²) < 4.78 is 15.4. The molecule has 0 aliphatic heterocycles. The van der Waals surface area contributed by atoms with Gasteiger partial charge in [0.2, 0.25) is 0 Å². The molecule has 1 atom stereocenters. The first-order valence-electron chi connectivity index (χ1n) is 7.62. The van der Waals surface area contributed by atoms with Crippen molar-refractivity contribution in [1.82, 2.24) is 0 Å². The average Bonchev–Trinajstić information content (AvgIpc) is 3.05. The second-order valence-corrected chi connectivity index (χ2v) is 5.41. The van der Waals surface area contributed by atoms with Gasteiger partial charge in [0.25, 0.3) is 0 Å². The predicted molar refractivity (Wildman–Crippen MR) is 80.4 cm³/mol. The van der Waals surface area contributed by atoms with Gasteiger partial charge in [-0.15, -0.1) is 0 Å². The smallest absolute Gasteiger partial charge is 0.338 e. The molecule has 0 aromatic heterocycles. The fraction of sp³-hybridized carbons (Fsp3) is 0.588. The molecule has 116 valence electrons. The fourth-order valence-electron chi connectivity index (χ4n) is 2.65. The summed E-state index contributed by atoms with van der Waals surface area (Å²) in [5, 5.41) is 0. The van der Waals surface area contributed by atoms with E-state index in [4.69, 9.17) is 14.2 Å². The molecule has 0 saturated heterocycles. The van der Waals surface area contributed by atoms with Crippen molar-refractivity contribution in [3.8, 4) is 0 Å². The van der Waals surface area contributed by atoms with Crippen molar-refractivity contribution in [3.63, 3.8) is 0 Å². The van der Waals surface area contributed by atoms with Crippen LogP contribution in [0.4, 0.5) is 0 Å². The van der Waals surface area contributed by atoms with Gasteiger partial charge in [-0.2, -0.15) is 0 Å². The van der Waals surface area contributed by atoms with Crippen molar-refractivity contribution in [3.05, 3.63) is 35.4 Å². The summed E-state index contributed by atoms with van der Waals surface area (Å²) in [6.07, 6.45) is 4.87. The van der Waals surface area contributed by atoms with Gasteiger partial charge < -0.3 is 14.2 Å². The highest BCUT2D eigenvalue weighted by atomic mass is 16.7. The third kappa shape index (κ3) is 4.83. The number of methoxy groups -OCH3 is 1. The highest BCUT2D eigenvalue weighted by Gasteiger charge is 2.17. The lowest BCUT2D eigenvalue weighted by atomic mass is 9.97. The van der Waals surface area contributed by atoms with Crippen LogP contribution in [0.5, 0.6) is 0 Å². The Morgan fingerprint density at radius 1 is 1.19 bits per heavy atom. The fourth-order valence-corrected chi connectivity index (χ4v) is 2.65. The summed E-state index contributed by atoms with van der Waals surface area (Å²) >= 11 is 0. The van der Waals surface area contributed by atoms with Crippen molar-refractivity contribution < 1.29 is 19.0 Å². The van der Waals surface area contributed by atoms with E-state index in [2.05, 4.69) is 12.1 Å². The molecule has 0 bridgehead atoms. The van der Waals surface area contributed by atoms with E-state index >= 15 is 0 Å². The second-order valence-electron chi connectivity index (χ2n) is 5.41. The van der Waals surface area contributed by atoms with Crippen LogP contribution < -0.4 is 0 Å². The Bertz CT molecular complexity index is 435. The molecule has 0 radical (unpaired) electrons. The topological polar surface area (TPSA) is 44.8 Å². The summed E-state index contributed by atoms with van der Waals surface area (Å²) in [5.74, 6) is 0.362. The van der Waals surface area contributed by atoms with Gasteiger partial charge >= 0.3 is 5.97 Å². The maximum atomic E-state index is 11.9. The van der Waals surface area contributed by atoms with E-state index < -0.39 is 0 Å². The van der Waals surface area contributed by atoms with Crippen LogP contribution in [0.15, 0.2) is 24.3 Å². The van der Waals surface area contributed by atoms with Gasteiger partial charge in [0.05, 0.1) is 12.2 Å². The number of esters is 1. The first kappa shape index (κ1) is 16.0. The average molecular weight is 292 g/mol. The van der Waals surface area contributed by atoms with Crippen LogP contribution in [0, 0.1) is 0 Å². The molecule has 0 heterocycles. The largest absolute Gasteiger partial charge is 0.460 e. The SMILES string of the molecule is COC(C)OCCOC(=O)c1ccc(C2CCCC2)cc1. The monoisotopic (exact) mass is 292 g/mol. The lowest BCUT2D eigenvalue weighted by Gasteiger charge is -2.12. The Morgan fingerprint density at radius 2 is 1.86 bits per heavy atom. The van der Waals surface area contributed by atoms with E-state index in [1.54, 1.807) is 14.0 Å². The number of carbonyl (C=O) groups excluding carboxylic acids is 1. The van der Waals surface area contributed by atoms with E-state index in [9.17, 15) is 4.79 Å². The Morgan fingerprint density at radius 3 is 2.48 bits per heavy atom. The Kier molecular flexibility index (Phi) is 6.21. The van der Waals surface area contributed by atoms with Crippen LogP contribution in [0.1, 0.15) is 54.4 Å². The molecular formula is C17H24O4. The van der Waals surface area contributed by atoms with Gasteiger partial charge in [-0.1, -0.05) is 25.0 Å². The molecule has 1 aromatic rings. The molecule has 1 aliphatic rings. The molecule has 4 nitrogen and oxygen atoms in total. The van der Waals surface area contributed by atoms with Gasteiger partial charge in [0.1, 0.15) is 6.61 Å². The van der Waals surface area contributed by atoms with E-state index in [1.165, 1.54) is 31.2 Å². The van der Waals surface area contributed by atoms with Gasteiger partial charge in [0.15, 0.2) is 6.29 Å². The van der Waals surface area contributed by atoms with Crippen molar-refractivity contribution >= 4 is 5.97 Å². The maximum absolute atomic E-state index is 11.9. The number of carbonyl (C=O) groups is 1. The predicted octanol–water partition coefficient (Wildman–Crippen LogP) is 3.51. The van der Waals surface area contributed by atoms with Crippen LogP contribution in [0.2, 0.25) is 0 Å². The van der Waals surface area contributed by atoms with Crippen LogP contribution in [-0.2, 0) is 14.2 Å². The van der Waals surface area contributed by atoms with Crippen LogP contribution in [-0.4, -0.2) is 32.6 Å². The number of benzene rings is 1. The molecule has 0 spiro atoms. The van der Waals surface area contributed by atoms with Gasteiger partial charge in [-0.05, 0) is 43.4 Å². The zero-order valence-corrected chi connectivity index (χ0v) is 12.8. The zero-order valence-electron chi connectivity index (χ0n) is 12.8. The third-order valence-corrected chi connectivity index (χ3v) is 3.97. The molecule has 1 saturated carbocycles. The maximum Gasteiger partial charge on any atom is 0.338 e. The second kappa shape index (κ2) is 8.15. The van der Waals surface area contributed by atoms with E-state index in [-0.39, 0.29) is 18.9 Å². The normalized spacial score (nSPS) is 16.9. The number of rotatable bonds is 7. The molecule has 1 aromatic carbocycles. The molecule has 1 unspecified atom stereocenters. The Balaban J connectivity index is 1.77. The van der Waals surface area contributed by atoms with E-state index in [0.717, 1.165) is 0 Å². The van der Waals surface area contributed by atoms with Crippen molar-refractivity contribution in [2.24, 2.45) is 0 Å². The standard InChI is InChI=1S/C17H24O4/c1-13(19-2)20-11-12-21-17(18)16-9-7-15(8-10-16)14-5-3-4-6-14/h7-10,13-14H,3-6,11-12H2,1-2H3. The molecule has 1 aliphatic carbocycles. The molecule has 2 rings (SSSR count).